The lowest BCUT2D eigenvalue weighted by Crippen LogP contribution is -2.26. The van der Waals surface area contributed by atoms with Crippen molar-refractivity contribution in [1.82, 2.24) is 14.5 Å². The molecule has 7 heteroatoms. The molecule has 2 atom stereocenters. The molecule has 30 heavy (non-hydrogen) atoms. The molecule has 1 saturated carbocycles. The van der Waals surface area contributed by atoms with Crippen LogP contribution in [-0.2, 0) is 11.3 Å². The van der Waals surface area contributed by atoms with Crippen LogP contribution < -0.4 is 5.73 Å². The number of imidazole rings is 1. The van der Waals surface area contributed by atoms with Crippen molar-refractivity contribution < 1.29 is 4.74 Å². The number of aliphatic imine (C=N–C) groups is 1. The third-order valence-electron chi connectivity index (χ3n) is 6.03. The Morgan fingerprint density at radius 2 is 2.20 bits per heavy atom. The monoisotopic (exact) mass is 423 g/mol. The van der Waals surface area contributed by atoms with Gasteiger partial charge in [0.2, 0.25) is 0 Å². The van der Waals surface area contributed by atoms with Crippen LogP contribution in [0.3, 0.4) is 0 Å². The van der Waals surface area contributed by atoms with E-state index in [1.807, 2.05) is 36.7 Å². The number of halogens is 1. The summed E-state index contributed by atoms with van der Waals surface area (Å²) in [5.74, 6) is 1.49. The van der Waals surface area contributed by atoms with Crippen LogP contribution in [0.25, 0.3) is 21.9 Å². The summed E-state index contributed by atoms with van der Waals surface area (Å²) in [6, 6.07) is 6.13. The first-order valence-electron chi connectivity index (χ1n) is 10.6. The number of allylic oxidation sites excluding steroid dienone is 2. The molecule has 1 unspecified atom stereocenters. The molecule has 2 fully saturated rings. The van der Waals surface area contributed by atoms with E-state index in [0.29, 0.717) is 23.5 Å². The van der Waals surface area contributed by atoms with Crippen molar-refractivity contribution in [3.63, 3.8) is 0 Å². The first-order chi connectivity index (χ1) is 14.6. The van der Waals surface area contributed by atoms with E-state index in [2.05, 4.69) is 21.5 Å². The number of nitrogens with two attached hydrogens (primary N) is 1. The Kier molecular flexibility index (Phi) is 5.21. The minimum absolute atomic E-state index is 0.218. The molecule has 2 N–H and O–H groups in total. The van der Waals surface area contributed by atoms with Gasteiger partial charge < -0.3 is 15.0 Å². The Morgan fingerprint density at radius 3 is 3.00 bits per heavy atom. The van der Waals surface area contributed by atoms with Crippen molar-refractivity contribution in [2.24, 2.45) is 16.6 Å². The van der Waals surface area contributed by atoms with Crippen LogP contribution >= 0.6 is 11.6 Å². The van der Waals surface area contributed by atoms with Crippen LogP contribution in [0.5, 0.6) is 0 Å². The number of aromatic nitrogens is 3. The Balaban J connectivity index is 1.59. The lowest BCUT2D eigenvalue weighted by Gasteiger charge is -2.30. The lowest BCUT2D eigenvalue weighted by molar-refractivity contribution is 0.00627. The van der Waals surface area contributed by atoms with E-state index >= 15 is 0 Å². The Morgan fingerprint density at radius 1 is 1.33 bits per heavy atom. The Bertz CT molecular complexity index is 1150. The predicted molar refractivity (Wildman–Crippen MR) is 121 cm³/mol. The van der Waals surface area contributed by atoms with E-state index in [9.17, 15) is 0 Å². The van der Waals surface area contributed by atoms with Crippen LogP contribution in [0.1, 0.15) is 44.5 Å². The molecule has 1 aromatic carbocycles. The summed E-state index contributed by atoms with van der Waals surface area (Å²) in [5, 5.41) is 1.73. The zero-order chi connectivity index (χ0) is 20.7. The van der Waals surface area contributed by atoms with Gasteiger partial charge in [-0.1, -0.05) is 11.6 Å². The van der Waals surface area contributed by atoms with Gasteiger partial charge in [-0.25, -0.2) is 4.98 Å². The molecule has 3 heterocycles. The predicted octanol–water partition coefficient (Wildman–Crippen LogP) is 4.80. The van der Waals surface area contributed by atoms with Gasteiger partial charge in [0.15, 0.2) is 0 Å². The second-order valence-electron chi connectivity index (χ2n) is 8.34. The largest absolute Gasteiger partial charge is 0.402 e. The topological polar surface area (TPSA) is 78.3 Å². The molecule has 6 nitrogen and oxygen atoms in total. The van der Waals surface area contributed by atoms with E-state index in [-0.39, 0.29) is 6.10 Å². The summed E-state index contributed by atoms with van der Waals surface area (Å²) in [6.07, 6.45) is 10.1. The molecule has 0 radical (unpaired) electrons. The maximum Gasteiger partial charge on any atom is 0.131 e. The third kappa shape index (κ3) is 3.82. The highest BCUT2D eigenvalue weighted by Gasteiger charge is 2.26. The molecule has 156 valence electrons. The highest BCUT2D eigenvalue weighted by atomic mass is 35.5. The summed E-state index contributed by atoms with van der Waals surface area (Å²) in [6.45, 7) is 3.38. The van der Waals surface area contributed by atoms with Gasteiger partial charge in [-0.3, -0.25) is 9.98 Å². The summed E-state index contributed by atoms with van der Waals surface area (Å²) in [5.41, 5.74) is 9.88. The first kappa shape index (κ1) is 19.5. The minimum Gasteiger partial charge on any atom is -0.402 e. The SMILES string of the molecule is C[C@@H]1CC(n2c(CN=CC=C(N)C3CC3)nc3cnc4ccc(Cl)cc4c32)CCO1. The number of hydrogen-bond acceptors (Lipinski definition) is 5. The second-order valence-corrected chi connectivity index (χ2v) is 8.78. The maximum absolute atomic E-state index is 6.33. The fraction of sp³-hybridized carbons (Fsp3) is 0.435. The number of hydrogen-bond donors (Lipinski definition) is 1. The van der Waals surface area contributed by atoms with Gasteiger partial charge in [0.1, 0.15) is 11.3 Å². The van der Waals surface area contributed by atoms with Crippen molar-refractivity contribution in [3.05, 3.63) is 47.0 Å². The smallest absolute Gasteiger partial charge is 0.131 e. The molecule has 1 saturated heterocycles. The molecule has 2 aliphatic rings. The van der Waals surface area contributed by atoms with Gasteiger partial charge in [0.05, 0.1) is 29.9 Å². The standard InChI is InChI=1S/C23H26ClN5O/c1-14-10-17(7-9-30-14)29-22(13-26-8-6-19(25)15-2-3-15)28-21-12-27-20-5-4-16(24)11-18(20)23(21)29/h4-6,8,11-12,14-15,17H,2-3,7,9-10,13,25H2,1H3/t14-,17?/m1/s1. The van der Waals surface area contributed by atoms with Gasteiger partial charge in [0.25, 0.3) is 0 Å². The number of pyridine rings is 1. The molecule has 1 aliphatic heterocycles. The van der Waals surface area contributed by atoms with E-state index in [1.165, 1.54) is 12.8 Å². The van der Waals surface area contributed by atoms with Gasteiger partial charge in [-0.15, -0.1) is 0 Å². The van der Waals surface area contributed by atoms with Crippen LogP contribution in [-0.4, -0.2) is 33.5 Å². The number of benzene rings is 1. The van der Waals surface area contributed by atoms with E-state index in [1.54, 1.807) is 0 Å². The van der Waals surface area contributed by atoms with Crippen molar-refractivity contribution in [3.8, 4) is 0 Å². The highest BCUT2D eigenvalue weighted by molar-refractivity contribution is 6.31. The number of nitrogens with zero attached hydrogens (tertiary/aromatic N) is 4. The van der Waals surface area contributed by atoms with Crippen LogP contribution in [0.15, 0.2) is 41.2 Å². The number of fused-ring (bicyclic) bond motifs is 3. The summed E-state index contributed by atoms with van der Waals surface area (Å²) in [4.78, 5) is 14.1. The molecular weight excluding hydrogens is 398 g/mol. The van der Waals surface area contributed by atoms with Crippen LogP contribution in [0.4, 0.5) is 0 Å². The summed E-state index contributed by atoms with van der Waals surface area (Å²) >= 11 is 6.33. The van der Waals surface area contributed by atoms with Gasteiger partial charge in [-0.2, -0.15) is 0 Å². The normalized spacial score (nSPS) is 23.1. The Labute approximate surface area is 180 Å². The molecule has 1 aliphatic carbocycles. The fourth-order valence-electron chi connectivity index (χ4n) is 4.34. The van der Waals surface area contributed by atoms with Gasteiger partial charge in [0, 0.05) is 35.0 Å². The maximum atomic E-state index is 6.33. The highest BCUT2D eigenvalue weighted by Crippen LogP contribution is 2.35. The molecule has 3 aromatic rings. The molecule has 0 spiro atoms. The Hall–Kier alpha value is -2.44. The van der Waals surface area contributed by atoms with Crippen LogP contribution in [0, 0.1) is 5.92 Å². The molecule has 0 bridgehead atoms. The average molecular weight is 424 g/mol. The quantitative estimate of drug-likeness (QED) is 0.598. The zero-order valence-corrected chi connectivity index (χ0v) is 17.8. The van der Waals surface area contributed by atoms with Crippen molar-refractivity contribution in [1.29, 1.82) is 0 Å². The van der Waals surface area contributed by atoms with E-state index in [0.717, 1.165) is 52.9 Å². The van der Waals surface area contributed by atoms with Gasteiger partial charge >= 0.3 is 0 Å². The average Bonchev–Trinajstić information content (AvgIpc) is 3.51. The lowest BCUT2D eigenvalue weighted by atomic mass is 10.0. The van der Waals surface area contributed by atoms with E-state index < -0.39 is 0 Å². The summed E-state index contributed by atoms with van der Waals surface area (Å²) < 4.78 is 8.15. The fourth-order valence-corrected chi connectivity index (χ4v) is 4.51. The van der Waals surface area contributed by atoms with Crippen molar-refractivity contribution in [2.75, 3.05) is 6.61 Å². The minimum atomic E-state index is 0.218. The van der Waals surface area contributed by atoms with E-state index in [4.69, 9.17) is 27.1 Å². The third-order valence-corrected chi connectivity index (χ3v) is 6.26. The first-order valence-corrected chi connectivity index (χ1v) is 11.0. The number of ether oxygens (including phenoxy) is 1. The molecule has 5 rings (SSSR count). The molecule has 2 aromatic heterocycles. The molecule has 0 amide bonds. The van der Waals surface area contributed by atoms with Crippen molar-refractivity contribution in [2.45, 2.75) is 51.3 Å². The summed E-state index contributed by atoms with van der Waals surface area (Å²) in [7, 11) is 0. The van der Waals surface area contributed by atoms with Gasteiger partial charge in [-0.05, 0) is 62.8 Å². The van der Waals surface area contributed by atoms with Crippen LogP contribution in [0.2, 0.25) is 5.02 Å². The second kappa shape index (κ2) is 8.00. The number of rotatable bonds is 5. The van der Waals surface area contributed by atoms with Crippen molar-refractivity contribution >= 4 is 39.8 Å². The molecular formula is C23H26ClN5O. The zero-order valence-electron chi connectivity index (χ0n) is 17.1.